The number of phenolic OH excluding ortho intramolecular Hbond substituents is 1. The van der Waals surface area contributed by atoms with Gasteiger partial charge in [0.25, 0.3) is 0 Å². The van der Waals surface area contributed by atoms with E-state index in [9.17, 15) is 14.7 Å². The zero-order valence-electron chi connectivity index (χ0n) is 10.4. The largest absolute Gasteiger partial charge is 0.507 e. The lowest BCUT2D eigenvalue weighted by atomic mass is 10.1. The highest BCUT2D eigenvalue weighted by molar-refractivity contribution is 5.99. The summed E-state index contributed by atoms with van der Waals surface area (Å²) in [5.74, 6) is -1.57. The second-order valence-corrected chi connectivity index (χ2v) is 4.03. The van der Waals surface area contributed by atoms with Crippen LogP contribution < -0.4 is 4.74 Å². The molecule has 0 aliphatic carbocycles. The minimum atomic E-state index is -1.13. The number of para-hydroxylation sites is 2. The van der Waals surface area contributed by atoms with Gasteiger partial charge in [0.15, 0.2) is 6.61 Å². The molecular weight excluding hydrogens is 260 g/mol. The van der Waals surface area contributed by atoms with Crippen molar-refractivity contribution in [1.82, 2.24) is 0 Å². The number of aromatic carboxylic acids is 1. The second kappa shape index (κ2) is 5.88. The fourth-order valence-corrected chi connectivity index (χ4v) is 1.70. The fraction of sp³-hybridized carbons (Fsp3) is 0.0667. The maximum absolute atomic E-state index is 11.9. The van der Waals surface area contributed by atoms with Crippen molar-refractivity contribution in [3.63, 3.8) is 0 Å². The van der Waals surface area contributed by atoms with E-state index in [1.54, 1.807) is 24.3 Å². The first-order chi connectivity index (χ1) is 9.59. The van der Waals surface area contributed by atoms with Crippen LogP contribution >= 0.6 is 0 Å². The molecule has 5 nitrogen and oxygen atoms in total. The van der Waals surface area contributed by atoms with Crippen molar-refractivity contribution in [2.24, 2.45) is 0 Å². The van der Waals surface area contributed by atoms with Crippen LogP contribution in [-0.2, 0) is 0 Å². The third kappa shape index (κ3) is 2.95. The molecule has 5 heteroatoms. The highest BCUT2D eigenvalue weighted by Crippen LogP contribution is 2.20. The summed E-state index contributed by atoms with van der Waals surface area (Å²) < 4.78 is 5.23. The Hall–Kier alpha value is -2.82. The van der Waals surface area contributed by atoms with Crippen LogP contribution in [0.5, 0.6) is 11.5 Å². The number of carbonyl (C=O) groups excluding carboxylic acids is 1. The summed E-state index contributed by atoms with van der Waals surface area (Å²) in [6.45, 7) is -0.345. The van der Waals surface area contributed by atoms with E-state index in [0.717, 1.165) is 0 Å². The predicted molar refractivity (Wildman–Crippen MR) is 71.3 cm³/mol. The molecule has 0 aliphatic rings. The zero-order chi connectivity index (χ0) is 14.5. The number of ether oxygens (including phenoxy) is 1. The topological polar surface area (TPSA) is 83.8 Å². The first-order valence-corrected chi connectivity index (χ1v) is 5.86. The van der Waals surface area contributed by atoms with E-state index < -0.39 is 11.8 Å². The van der Waals surface area contributed by atoms with Crippen molar-refractivity contribution in [2.75, 3.05) is 6.61 Å². The number of rotatable bonds is 5. The molecule has 0 saturated heterocycles. The molecule has 102 valence electrons. The highest BCUT2D eigenvalue weighted by Gasteiger charge is 2.14. The van der Waals surface area contributed by atoms with Crippen LogP contribution in [0.1, 0.15) is 20.7 Å². The number of ketones is 1. The van der Waals surface area contributed by atoms with Crippen molar-refractivity contribution < 1.29 is 24.5 Å². The summed E-state index contributed by atoms with van der Waals surface area (Å²) in [4.78, 5) is 22.9. The molecule has 20 heavy (non-hydrogen) atoms. The smallest absolute Gasteiger partial charge is 0.339 e. The minimum absolute atomic E-state index is 0.0161. The number of carbonyl (C=O) groups is 2. The summed E-state index contributed by atoms with van der Waals surface area (Å²) >= 11 is 0. The third-order valence-electron chi connectivity index (χ3n) is 2.68. The van der Waals surface area contributed by atoms with Gasteiger partial charge in [-0.25, -0.2) is 4.79 Å². The Morgan fingerprint density at radius 2 is 1.55 bits per heavy atom. The van der Waals surface area contributed by atoms with Gasteiger partial charge in [-0.15, -0.1) is 0 Å². The number of carboxylic acid groups (broad SMARTS) is 1. The van der Waals surface area contributed by atoms with Gasteiger partial charge in [-0.3, -0.25) is 4.79 Å². The van der Waals surface area contributed by atoms with E-state index in [-0.39, 0.29) is 29.2 Å². The molecule has 0 radical (unpaired) electrons. The van der Waals surface area contributed by atoms with E-state index in [0.29, 0.717) is 0 Å². The highest BCUT2D eigenvalue weighted by atomic mass is 16.5. The van der Waals surface area contributed by atoms with Gasteiger partial charge in [-0.2, -0.15) is 0 Å². The molecule has 0 aromatic heterocycles. The molecule has 0 heterocycles. The maximum Gasteiger partial charge on any atom is 0.339 e. The van der Waals surface area contributed by atoms with Crippen LogP contribution in [0, 0.1) is 0 Å². The standard InChI is InChI=1S/C15H12O5/c16-12-7-3-1-5-10(12)13(17)9-20-14-8-4-2-6-11(14)15(18)19/h1-8,16H,9H2,(H,18,19). The normalized spacial score (nSPS) is 10.0. The molecule has 0 atom stereocenters. The Kier molecular flexibility index (Phi) is 4.00. The summed E-state index contributed by atoms with van der Waals surface area (Å²) in [5.41, 5.74) is 0.123. The Balaban J connectivity index is 2.12. The number of hydrogen-bond acceptors (Lipinski definition) is 4. The number of benzene rings is 2. The Labute approximate surface area is 115 Å². The molecular formula is C15H12O5. The summed E-state index contributed by atoms with van der Waals surface area (Å²) in [6, 6.07) is 12.2. The van der Waals surface area contributed by atoms with Crippen LogP contribution in [0.4, 0.5) is 0 Å². The molecule has 0 bridgehead atoms. The van der Waals surface area contributed by atoms with Crippen LogP contribution in [0.3, 0.4) is 0 Å². The van der Waals surface area contributed by atoms with Gasteiger partial charge in [-0.1, -0.05) is 24.3 Å². The third-order valence-corrected chi connectivity index (χ3v) is 2.68. The maximum atomic E-state index is 11.9. The van der Waals surface area contributed by atoms with Crippen molar-refractivity contribution in [1.29, 1.82) is 0 Å². The quantitative estimate of drug-likeness (QED) is 0.816. The molecule has 2 aromatic rings. The van der Waals surface area contributed by atoms with Gasteiger partial charge < -0.3 is 14.9 Å². The van der Waals surface area contributed by atoms with Gasteiger partial charge in [0, 0.05) is 0 Å². The van der Waals surface area contributed by atoms with Crippen LogP contribution in [0.15, 0.2) is 48.5 Å². The minimum Gasteiger partial charge on any atom is -0.507 e. The zero-order valence-corrected chi connectivity index (χ0v) is 10.4. The van der Waals surface area contributed by atoms with E-state index in [4.69, 9.17) is 9.84 Å². The Morgan fingerprint density at radius 3 is 2.20 bits per heavy atom. The van der Waals surface area contributed by atoms with Gasteiger partial charge in [0.05, 0.1) is 5.56 Å². The molecule has 0 saturated carbocycles. The molecule has 0 unspecified atom stereocenters. The molecule has 0 aliphatic heterocycles. The molecule has 0 spiro atoms. The van der Waals surface area contributed by atoms with Gasteiger partial charge in [0.2, 0.25) is 5.78 Å². The number of aromatic hydroxyl groups is 1. The van der Waals surface area contributed by atoms with Crippen LogP contribution in [-0.4, -0.2) is 28.6 Å². The number of carboxylic acids is 1. The van der Waals surface area contributed by atoms with E-state index >= 15 is 0 Å². The van der Waals surface area contributed by atoms with Crippen molar-refractivity contribution in [3.8, 4) is 11.5 Å². The van der Waals surface area contributed by atoms with Crippen LogP contribution in [0.2, 0.25) is 0 Å². The van der Waals surface area contributed by atoms with E-state index in [2.05, 4.69) is 0 Å². The molecule has 0 fully saturated rings. The second-order valence-electron chi connectivity index (χ2n) is 4.03. The summed E-state index contributed by atoms with van der Waals surface area (Å²) in [5, 5.41) is 18.5. The first kappa shape index (κ1) is 13.6. The fourth-order valence-electron chi connectivity index (χ4n) is 1.70. The lowest BCUT2D eigenvalue weighted by Crippen LogP contribution is -2.13. The van der Waals surface area contributed by atoms with Gasteiger partial charge in [-0.05, 0) is 24.3 Å². The lowest BCUT2D eigenvalue weighted by molar-refractivity contribution is 0.0688. The molecule has 2 aromatic carbocycles. The first-order valence-electron chi connectivity index (χ1n) is 5.86. The summed E-state index contributed by atoms with van der Waals surface area (Å²) in [6.07, 6.45) is 0. The lowest BCUT2D eigenvalue weighted by Gasteiger charge is -2.08. The van der Waals surface area contributed by atoms with Gasteiger partial charge in [0.1, 0.15) is 17.1 Å². The Morgan fingerprint density at radius 1 is 0.950 bits per heavy atom. The monoisotopic (exact) mass is 272 g/mol. The van der Waals surface area contributed by atoms with E-state index in [1.165, 1.54) is 24.3 Å². The number of hydrogen-bond donors (Lipinski definition) is 2. The number of phenols is 1. The Bertz CT molecular complexity index is 648. The van der Waals surface area contributed by atoms with Crippen LogP contribution in [0.25, 0.3) is 0 Å². The van der Waals surface area contributed by atoms with Gasteiger partial charge >= 0.3 is 5.97 Å². The average molecular weight is 272 g/mol. The molecule has 2 rings (SSSR count). The molecule has 2 N–H and O–H groups in total. The van der Waals surface area contributed by atoms with Crippen molar-refractivity contribution >= 4 is 11.8 Å². The summed E-state index contributed by atoms with van der Waals surface area (Å²) in [7, 11) is 0. The predicted octanol–water partition coefficient (Wildman–Crippen LogP) is 2.35. The SMILES string of the molecule is O=C(COc1ccccc1C(=O)O)c1ccccc1O. The number of Topliss-reactive ketones (excluding diaryl/α,β-unsaturated/α-hetero) is 1. The van der Waals surface area contributed by atoms with E-state index in [1.807, 2.05) is 0 Å². The van der Waals surface area contributed by atoms with Crippen molar-refractivity contribution in [3.05, 3.63) is 59.7 Å². The van der Waals surface area contributed by atoms with Crippen molar-refractivity contribution in [2.45, 2.75) is 0 Å². The average Bonchev–Trinajstić information content (AvgIpc) is 2.45. The molecule has 0 amide bonds.